The fraction of sp³-hybridized carbons (Fsp3) is 0.353. The fourth-order valence-electron chi connectivity index (χ4n) is 2.21. The van der Waals surface area contributed by atoms with Crippen LogP contribution in [0.15, 0.2) is 29.6 Å². The molecule has 1 heterocycles. The van der Waals surface area contributed by atoms with Gasteiger partial charge in [0.1, 0.15) is 11.0 Å². The third kappa shape index (κ3) is 4.79. The second kappa shape index (κ2) is 8.26. The molecule has 1 aromatic heterocycles. The minimum atomic E-state index is -1.02. The maximum absolute atomic E-state index is 12.1. The summed E-state index contributed by atoms with van der Waals surface area (Å²) in [6.45, 7) is 3.70. The van der Waals surface area contributed by atoms with Gasteiger partial charge in [-0.3, -0.25) is 4.79 Å². The van der Waals surface area contributed by atoms with E-state index in [4.69, 9.17) is 11.6 Å². The Morgan fingerprint density at radius 3 is 2.79 bits per heavy atom. The maximum atomic E-state index is 12.1. The van der Waals surface area contributed by atoms with Crippen molar-refractivity contribution in [3.63, 3.8) is 0 Å². The van der Waals surface area contributed by atoms with Crippen LogP contribution in [0.2, 0.25) is 5.02 Å². The molecule has 0 bridgehead atoms. The number of halogens is 1. The van der Waals surface area contributed by atoms with E-state index in [0.717, 1.165) is 10.6 Å². The Hall–Kier alpha value is -1.92. The minimum Gasteiger partial charge on any atom is -0.480 e. The Morgan fingerprint density at radius 1 is 1.42 bits per heavy atom. The number of amides is 1. The van der Waals surface area contributed by atoms with Crippen LogP contribution in [-0.4, -0.2) is 28.0 Å². The lowest BCUT2D eigenvalue weighted by molar-refractivity contribution is -0.143. The first-order chi connectivity index (χ1) is 11.4. The van der Waals surface area contributed by atoms with Gasteiger partial charge >= 0.3 is 5.97 Å². The summed E-state index contributed by atoms with van der Waals surface area (Å²) in [7, 11) is 0. The van der Waals surface area contributed by atoms with Gasteiger partial charge in [-0.05, 0) is 18.1 Å². The van der Waals surface area contributed by atoms with Gasteiger partial charge in [0.15, 0.2) is 0 Å². The quantitative estimate of drug-likeness (QED) is 0.784. The van der Waals surface area contributed by atoms with Gasteiger partial charge in [0.05, 0.1) is 12.1 Å². The normalized spacial score (nSPS) is 13.3. The summed E-state index contributed by atoms with van der Waals surface area (Å²) in [4.78, 5) is 27.8. The number of hydrogen-bond acceptors (Lipinski definition) is 4. The summed E-state index contributed by atoms with van der Waals surface area (Å²) in [5.74, 6) is -1.50. The van der Waals surface area contributed by atoms with Gasteiger partial charge in [0, 0.05) is 16.0 Å². The molecule has 0 saturated carbocycles. The summed E-state index contributed by atoms with van der Waals surface area (Å²) >= 11 is 7.40. The molecule has 0 aliphatic rings. The van der Waals surface area contributed by atoms with Crippen molar-refractivity contribution in [2.24, 2.45) is 5.92 Å². The SMILES string of the molecule is CCC(C)C(NC(=O)Cc1csc(-c2cccc(Cl)c2)n1)C(=O)O. The molecule has 2 rings (SSSR count). The number of carbonyl (C=O) groups is 2. The molecule has 7 heteroatoms. The van der Waals surface area contributed by atoms with Gasteiger partial charge < -0.3 is 10.4 Å². The molecule has 1 amide bonds. The molecule has 2 unspecified atom stereocenters. The fourth-order valence-corrected chi connectivity index (χ4v) is 3.22. The number of benzene rings is 1. The molecule has 2 N–H and O–H groups in total. The molecule has 0 spiro atoms. The van der Waals surface area contributed by atoms with E-state index < -0.39 is 12.0 Å². The van der Waals surface area contributed by atoms with Crippen molar-refractivity contribution in [3.8, 4) is 10.6 Å². The van der Waals surface area contributed by atoms with Gasteiger partial charge in [-0.15, -0.1) is 11.3 Å². The number of nitrogens with zero attached hydrogens (tertiary/aromatic N) is 1. The highest BCUT2D eigenvalue weighted by molar-refractivity contribution is 7.13. The van der Waals surface area contributed by atoms with E-state index in [1.54, 1.807) is 18.4 Å². The number of nitrogens with one attached hydrogen (secondary N) is 1. The summed E-state index contributed by atoms with van der Waals surface area (Å²) in [6, 6.07) is 6.46. The number of hydrogen-bond donors (Lipinski definition) is 2. The smallest absolute Gasteiger partial charge is 0.326 e. The maximum Gasteiger partial charge on any atom is 0.326 e. The van der Waals surface area contributed by atoms with Crippen molar-refractivity contribution >= 4 is 34.8 Å². The minimum absolute atomic E-state index is 0.0529. The van der Waals surface area contributed by atoms with Crippen LogP contribution >= 0.6 is 22.9 Å². The number of carboxylic acids is 1. The zero-order valence-corrected chi connectivity index (χ0v) is 15.0. The molecule has 0 aliphatic heterocycles. The highest BCUT2D eigenvalue weighted by Gasteiger charge is 2.25. The van der Waals surface area contributed by atoms with Crippen LogP contribution in [-0.2, 0) is 16.0 Å². The van der Waals surface area contributed by atoms with E-state index in [2.05, 4.69) is 10.3 Å². The molecule has 0 saturated heterocycles. The predicted molar refractivity (Wildman–Crippen MR) is 95.3 cm³/mol. The second-order valence-corrected chi connectivity index (χ2v) is 6.89. The van der Waals surface area contributed by atoms with E-state index in [-0.39, 0.29) is 18.2 Å². The molecule has 0 fully saturated rings. The van der Waals surface area contributed by atoms with Crippen molar-refractivity contribution in [1.29, 1.82) is 0 Å². The molecule has 2 atom stereocenters. The second-order valence-electron chi connectivity index (χ2n) is 5.60. The molecule has 128 valence electrons. The van der Waals surface area contributed by atoms with Crippen LogP contribution in [0.3, 0.4) is 0 Å². The lowest BCUT2D eigenvalue weighted by Crippen LogP contribution is -2.45. The molecule has 2 aromatic rings. The summed E-state index contributed by atoms with van der Waals surface area (Å²) in [5, 5.41) is 15.0. The average molecular weight is 367 g/mol. The highest BCUT2D eigenvalue weighted by atomic mass is 35.5. The molecular weight excluding hydrogens is 348 g/mol. The van der Waals surface area contributed by atoms with Crippen LogP contribution in [0.4, 0.5) is 0 Å². The number of carboxylic acid groups (broad SMARTS) is 1. The van der Waals surface area contributed by atoms with E-state index in [1.807, 2.05) is 25.1 Å². The van der Waals surface area contributed by atoms with E-state index >= 15 is 0 Å². The number of rotatable bonds is 7. The van der Waals surface area contributed by atoms with E-state index in [0.29, 0.717) is 17.1 Å². The first kappa shape index (κ1) is 18.4. The van der Waals surface area contributed by atoms with Crippen molar-refractivity contribution < 1.29 is 14.7 Å². The van der Waals surface area contributed by atoms with Crippen LogP contribution in [0, 0.1) is 5.92 Å². The summed E-state index contributed by atoms with van der Waals surface area (Å²) in [5.41, 5.74) is 1.50. The monoisotopic (exact) mass is 366 g/mol. The first-order valence-electron chi connectivity index (χ1n) is 7.63. The van der Waals surface area contributed by atoms with Crippen molar-refractivity contribution in [2.45, 2.75) is 32.7 Å². The van der Waals surface area contributed by atoms with Gasteiger partial charge in [0.2, 0.25) is 5.91 Å². The van der Waals surface area contributed by atoms with Gasteiger partial charge in [0.25, 0.3) is 0 Å². The van der Waals surface area contributed by atoms with Gasteiger partial charge in [-0.1, -0.05) is 44.0 Å². The Kier molecular flexibility index (Phi) is 6.34. The zero-order chi connectivity index (χ0) is 17.7. The van der Waals surface area contributed by atoms with Crippen LogP contribution in [0.5, 0.6) is 0 Å². The Bertz CT molecular complexity index is 732. The van der Waals surface area contributed by atoms with Crippen LogP contribution in [0.25, 0.3) is 10.6 Å². The van der Waals surface area contributed by atoms with E-state index in [9.17, 15) is 14.7 Å². The molecular formula is C17H19ClN2O3S. The topological polar surface area (TPSA) is 79.3 Å². The highest BCUT2D eigenvalue weighted by Crippen LogP contribution is 2.26. The Labute approximate surface area is 149 Å². The van der Waals surface area contributed by atoms with Gasteiger partial charge in [-0.2, -0.15) is 0 Å². The van der Waals surface area contributed by atoms with Crippen molar-refractivity contribution in [2.75, 3.05) is 0 Å². The van der Waals surface area contributed by atoms with Crippen molar-refractivity contribution in [3.05, 3.63) is 40.4 Å². The Morgan fingerprint density at radius 2 is 2.17 bits per heavy atom. The lowest BCUT2D eigenvalue weighted by Gasteiger charge is -2.19. The van der Waals surface area contributed by atoms with Crippen molar-refractivity contribution in [1.82, 2.24) is 10.3 Å². The first-order valence-corrected chi connectivity index (χ1v) is 8.89. The molecule has 1 aromatic carbocycles. The zero-order valence-electron chi connectivity index (χ0n) is 13.5. The lowest BCUT2D eigenvalue weighted by atomic mass is 9.99. The summed E-state index contributed by atoms with van der Waals surface area (Å²) in [6.07, 6.45) is 0.726. The standard InChI is InChI=1S/C17H19ClN2O3S/c1-3-10(2)15(17(22)23)20-14(21)8-13-9-24-16(19-13)11-5-4-6-12(18)7-11/h4-7,9-10,15H,3,8H2,1-2H3,(H,20,21)(H,22,23). The Balaban J connectivity index is 2.03. The van der Waals surface area contributed by atoms with Crippen LogP contribution < -0.4 is 5.32 Å². The average Bonchev–Trinajstić information content (AvgIpc) is 3.00. The third-order valence-electron chi connectivity index (χ3n) is 3.76. The van der Waals surface area contributed by atoms with Gasteiger partial charge in [-0.25, -0.2) is 9.78 Å². The summed E-state index contributed by atoms with van der Waals surface area (Å²) < 4.78 is 0. The molecule has 0 radical (unpaired) electrons. The number of carbonyl (C=O) groups excluding carboxylic acids is 1. The number of aliphatic carboxylic acids is 1. The number of thiazole rings is 1. The number of aromatic nitrogens is 1. The molecule has 5 nitrogen and oxygen atoms in total. The van der Waals surface area contributed by atoms with E-state index in [1.165, 1.54) is 11.3 Å². The third-order valence-corrected chi connectivity index (χ3v) is 4.94. The largest absolute Gasteiger partial charge is 0.480 e. The molecule has 24 heavy (non-hydrogen) atoms. The van der Waals surface area contributed by atoms with Crippen LogP contribution in [0.1, 0.15) is 26.0 Å². The molecule has 0 aliphatic carbocycles. The predicted octanol–water partition coefficient (Wildman–Crippen LogP) is 3.62.